The van der Waals surface area contributed by atoms with Gasteiger partial charge >= 0.3 is 0 Å². The van der Waals surface area contributed by atoms with Gasteiger partial charge in [0.15, 0.2) is 11.6 Å². The molecule has 0 aliphatic heterocycles. The Kier molecular flexibility index (Phi) is 2.68. The fourth-order valence-electron chi connectivity index (χ4n) is 1.13. The number of aromatic nitrogens is 3. The largest absolute Gasteiger partial charge is 0.335 e. The fourth-order valence-corrected chi connectivity index (χ4v) is 1.43. The van der Waals surface area contributed by atoms with Crippen LogP contribution >= 0.6 is 15.9 Å². The van der Waals surface area contributed by atoms with Crippen molar-refractivity contribution in [3.63, 3.8) is 0 Å². The van der Waals surface area contributed by atoms with Crippen LogP contribution in [0.15, 0.2) is 29.1 Å². The predicted molar refractivity (Wildman–Crippen MR) is 58.4 cm³/mol. The fraction of sp³-hybridized carbons (Fsp3) is 0.111. The Labute approximate surface area is 94.3 Å². The Balaban J connectivity index is 2.24. The zero-order valence-corrected chi connectivity index (χ0v) is 9.49. The summed E-state index contributed by atoms with van der Waals surface area (Å²) in [5.74, 6) is -0.223. The minimum absolute atomic E-state index is 0.186. The van der Waals surface area contributed by atoms with E-state index >= 15 is 0 Å². The molecule has 0 bridgehead atoms. The number of halogens is 2. The lowest BCUT2D eigenvalue weighted by Gasteiger charge is -2.03. The molecule has 0 spiro atoms. The van der Waals surface area contributed by atoms with E-state index in [2.05, 4.69) is 31.3 Å². The molecule has 0 fully saturated rings. The number of nitrogens with one attached hydrogen (secondary N) is 1. The van der Waals surface area contributed by atoms with E-state index < -0.39 is 5.82 Å². The van der Waals surface area contributed by atoms with Crippen molar-refractivity contribution < 1.29 is 4.39 Å². The van der Waals surface area contributed by atoms with E-state index in [4.69, 9.17) is 0 Å². The van der Waals surface area contributed by atoms with Crippen molar-refractivity contribution in [1.29, 1.82) is 0 Å². The second-order valence-electron chi connectivity index (χ2n) is 3.01. The maximum absolute atomic E-state index is 13.4. The highest BCUT2D eigenvalue weighted by Crippen LogP contribution is 2.19. The van der Waals surface area contributed by atoms with Gasteiger partial charge in [-0.25, -0.2) is 9.37 Å². The van der Waals surface area contributed by atoms with Crippen molar-refractivity contribution in [2.45, 2.75) is 0 Å². The summed E-state index contributed by atoms with van der Waals surface area (Å²) in [6.07, 6.45) is 4.87. The average Bonchev–Trinajstić information content (AvgIpc) is 2.56. The summed E-state index contributed by atoms with van der Waals surface area (Å²) in [6.45, 7) is 0. The first kappa shape index (κ1) is 10.1. The summed E-state index contributed by atoms with van der Waals surface area (Å²) >= 11 is 3.14. The summed E-state index contributed by atoms with van der Waals surface area (Å²) < 4.78 is 15.6. The number of nitrogens with zero attached hydrogens (tertiary/aromatic N) is 3. The molecule has 0 radical (unpaired) electrons. The molecular weight excluding hydrogens is 263 g/mol. The van der Waals surface area contributed by atoms with Crippen LogP contribution in [-0.4, -0.2) is 14.8 Å². The summed E-state index contributed by atoms with van der Waals surface area (Å²) in [5, 5.41) is 6.78. The molecule has 0 saturated carbocycles. The third-order valence-electron chi connectivity index (χ3n) is 1.78. The number of aryl methyl sites for hydroxylation is 1. The van der Waals surface area contributed by atoms with Crippen molar-refractivity contribution in [3.05, 3.63) is 34.9 Å². The van der Waals surface area contributed by atoms with Gasteiger partial charge in [0.1, 0.15) is 0 Å². The molecule has 4 nitrogen and oxygen atoms in total. The zero-order chi connectivity index (χ0) is 10.8. The van der Waals surface area contributed by atoms with Crippen LogP contribution < -0.4 is 5.32 Å². The molecule has 2 rings (SSSR count). The molecule has 2 heterocycles. The molecule has 6 heteroatoms. The first-order chi connectivity index (χ1) is 7.15. The highest BCUT2D eigenvalue weighted by molar-refractivity contribution is 9.10. The molecule has 2 aromatic rings. The second-order valence-corrected chi connectivity index (χ2v) is 3.93. The zero-order valence-electron chi connectivity index (χ0n) is 7.91. The van der Waals surface area contributed by atoms with Gasteiger partial charge in [-0.3, -0.25) is 4.68 Å². The van der Waals surface area contributed by atoms with Crippen molar-refractivity contribution in [3.8, 4) is 0 Å². The van der Waals surface area contributed by atoms with Crippen LogP contribution in [0.4, 0.5) is 15.9 Å². The van der Waals surface area contributed by atoms with Gasteiger partial charge in [-0.2, -0.15) is 5.10 Å². The van der Waals surface area contributed by atoms with E-state index in [9.17, 15) is 4.39 Å². The SMILES string of the molecule is Cn1cc(Nc2ncc(Br)cc2F)cn1. The summed E-state index contributed by atoms with van der Waals surface area (Å²) in [7, 11) is 1.79. The first-order valence-electron chi connectivity index (χ1n) is 4.22. The number of anilines is 2. The molecule has 0 aromatic carbocycles. The van der Waals surface area contributed by atoms with Crippen LogP contribution in [0.1, 0.15) is 0 Å². The van der Waals surface area contributed by atoms with E-state index in [-0.39, 0.29) is 5.82 Å². The monoisotopic (exact) mass is 270 g/mol. The summed E-state index contributed by atoms with van der Waals surface area (Å²) in [5.41, 5.74) is 0.700. The second kappa shape index (κ2) is 3.98. The van der Waals surface area contributed by atoms with Crippen LogP contribution in [0.3, 0.4) is 0 Å². The van der Waals surface area contributed by atoms with Crippen molar-refractivity contribution in [1.82, 2.24) is 14.8 Å². The van der Waals surface area contributed by atoms with Crippen LogP contribution in [0, 0.1) is 5.82 Å². The summed E-state index contributed by atoms with van der Waals surface area (Å²) in [4.78, 5) is 3.91. The molecular formula is C9H8BrFN4. The normalized spacial score (nSPS) is 10.3. The van der Waals surface area contributed by atoms with E-state index in [1.165, 1.54) is 12.3 Å². The predicted octanol–water partition coefficient (Wildman–Crippen LogP) is 2.46. The van der Waals surface area contributed by atoms with Crippen LogP contribution in [0.5, 0.6) is 0 Å². The Morgan fingerprint density at radius 3 is 2.87 bits per heavy atom. The lowest BCUT2D eigenvalue weighted by molar-refractivity contribution is 0.625. The molecule has 0 aliphatic rings. The molecule has 0 atom stereocenters. The van der Waals surface area contributed by atoms with Crippen molar-refractivity contribution >= 4 is 27.4 Å². The lowest BCUT2D eigenvalue weighted by Crippen LogP contribution is -1.95. The van der Waals surface area contributed by atoms with Gasteiger partial charge in [0.25, 0.3) is 0 Å². The molecule has 0 amide bonds. The first-order valence-corrected chi connectivity index (χ1v) is 5.01. The van der Waals surface area contributed by atoms with Gasteiger partial charge in [-0.1, -0.05) is 0 Å². The Hall–Kier alpha value is -1.43. The molecule has 1 N–H and O–H groups in total. The average molecular weight is 271 g/mol. The molecule has 0 aliphatic carbocycles. The molecule has 0 unspecified atom stereocenters. The Bertz CT molecular complexity index is 483. The molecule has 2 aromatic heterocycles. The number of hydrogen-bond acceptors (Lipinski definition) is 3. The number of pyridine rings is 1. The van der Waals surface area contributed by atoms with Crippen LogP contribution in [-0.2, 0) is 7.05 Å². The topological polar surface area (TPSA) is 42.7 Å². The van der Waals surface area contributed by atoms with E-state index in [1.807, 2.05) is 0 Å². The van der Waals surface area contributed by atoms with Gasteiger partial charge in [-0.15, -0.1) is 0 Å². The summed E-state index contributed by atoms with van der Waals surface area (Å²) in [6, 6.07) is 1.35. The Morgan fingerprint density at radius 2 is 2.27 bits per heavy atom. The van der Waals surface area contributed by atoms with Gasteiger partial charge < -0.3 is 5.32 Å². The number of hydrogen-bond donors (Lipinski definition) is 1. The Morgan fingerprint density at radius 1 is 1.47 bits per heavy atom. The maximum Gasteiger partial charge on any atom is 0.166 e. The van der Waals surface area contributed by atoms with E-state index in [1.54, 1.807) is 24.1 Å². The smallest absolute Gasteiger partial charge is 0.166 e. The van der Waals surface area contributed by atoms with E-state index in [0.717, 1.165) is 0 Å². The standard InChI is InChI=1S/C9H8BrFN4/c1-15-5-7(4-13-15)14-9-8(11)2-6(10)3-12-9/h2-5H,1H3,(H,12,14). The third-order valence-corrected chi connectivity index (χ3v) is 2.21. The third kappa shape index (κ3) is 2.33. The van der Waals surface area contributed by atoms with Crippen molar-refractivity contribution in [2.75, 3.05) is 5.32 Å². The highest BCUT2D eigenvalue weighted by atomic mass is 79.9. The minimum Gasteiger partial charge on any atom is -0.335 e. The van der Waals surface area contributed by atoms with Crippen molar-refractivity contribution in [2.24, 2.45) is 7.05 Å². The van der Waals surface area contributed by atoms with E-state index in [0.29, 0.717) is 10.2 Å². The molecule has 0 saturated heterocycles. The minimum atomic E-state index is -0.409. The van der Waals surface area contributed by atoms with Crippen LogP contribution in [0.2, 0.25) is 0 Å². The van der Waals surface area contributed by atoms with Gasteiger partial charge in [0.05, 0.1) is 11.9 Å². The van der Waals surface area contributed by atoms with Crippen LogP contribution in [0.25, 0.3) is 0 Å². The highest BCUT2D eigenvalue weighted by Gasteiger charge is 2.05. The van der Waals surface area contributed by atoms with Gasteiger partial charge in [0.2, 0.25) is 0 Å². The lowest BCUT2D eigenvalue weighted by atomic mass is 10.4. The quantitative estimate of drug-likeness (QED) is 0.912. The number of rotatable bonds is 2. The van der Waals surface area contributed by atoms with Gasteiger partial charge in [-0.05, 0) is 22.0 Å². The molecule has 78 valence electrons. The maximum atomic E-state index is 13.4. The van der Waals surface area contributed by atoms with Gasteiger partial charge in [0, 0.05) is 23.9 Å². The molecule has 15 heavy (non-hydrogen) atoms.